The van der Waals surface area contributed by atoms with Crippen molar-refractivity contribution in [1.82, 2.24) is 0 Å². The van der Waals surface area contributed by atoms with Gasteiger partial charge in [-0.3, -0.25) is 4.99 Å². The Morgan fingerprint density at radius 1 is 1.21 bits per heavy atom. The zero-order valence-corrected chi connectivity index (χ0v) is 9.59. The maximum Gasteiger partial charge on any atom is 0.0284 e. The Bertz CT molecular complexity index is 310. The van der Waals surface area contributed by atoms with Gasteiger partial charge in [-0.15, -0.1) is 0 Å². The van der Waals surface area contributed by atoms with Crippen molar-refractivity contribution >= 4 is 6.21 Å². The summed E-state index contributed by atoms with van der Waals surface area (Å²) in [6.45, 7) is 13.8. The van der Waals surface area contributed by atoms with Crippen LogP contribution in [0.1, 0.15) is 20.8 Å². The van der Waals surface area contributed by atoms with Crippen molar-refractivity contribution in [3.63, 3.8) is 0 Å². The summed E-state index contributed by atoms with van der Waals surface area (Å²) in [7, 11) is 1.76. The molecule has 0 fully saturated rings. The first-order valence-corrected chi connectivity index (χ1v) is 4.62. The minimum absolute atomic E-state index is 1.01. The molecule has 0 aliphatic rings. The van der Waals surface area contributed by atoms with Gasteiger partial charge in [0.2, 0.25) is 0 Å². The van der Waals surface area contributed by atoms with Gasteiger partial charge in [0.05, 0.1) is 0 Å². The molecule has 0 aromatic rings. The SMILES string of the molecule is C=CC(C=C(C=NC)C(=C)C)=C(C)C. The Morgan fingerprint density at radius 2 is 1.79 bits per heavy atom. The highest BCUT2D eigenvalue weighted by atomic mass is 14.6. The summed E-state index contributed by atoms with van der Waals surface area (Å²) >= 11 is 0. The fourth-order valence-electron chi connectivity index (χ4n) is 0.985. The summed E-state index contributed by atoms with van der Waals surface area (Å²) in [5.74, 6) is 0. The lowest BCUT2D eigenvalue weighted by Crippen LogP contribution is -1.88. The van der Waals surface area contributed by atoms with Crippen LogP contribution in [0, 0.1) is 0 Å². The lowest BCUT2D eigenvalue weighted by Gasteiger charge is -2.02. The first kappa shape index (κ1) is 12.6. The molecule has 0 N–H and O–H groups in total. The van der Waals surface area contributed by atoms with Crippen molar-refractivity contribution < 1.29 is 0 Å². The van der Waals surface area contributed by atoms with E-state index in [1.54, 1.807) is 7.05 Å². The van der Waals surface area contributed by atoms with E-state index in [1.165, 1.54) is 5.57 Å². The molecular weight excluding hydrogens is 170 g/mol. The molecule has 76 valence electrons. The van der Waals surface area contributed by atoms with Gasteiger partial charge in [0.15, 0.2) is 0 Å². The number of aliphatic imine (C=N–C) groups is 1. The van der Waals surface area contributed by atoms with E-state index in [0.717, 1.165) is 16.7 Å². The maximum atomic E-state index is 3.99. The molecule has 1 heteroatoms. The number of rotatable bonds is 4. The standard InChI is InChI=1S/C13H19N/c1-7-12(10(2)3)8-13(9-14-6)11(4)5/h7-9H,1,4H2,2-3,5-6H3. The number of nitrogens with zero attached hydrogens (tertiary/aromatic N) is 1. The predicted molar refractivity (Wildman–Crippen MR) is 65.9 cm³/mol. The van der Waals surface area contributed by atoms with Crippen molar-refractivity contribution in [3.05, 3.63) is 47.6 Å². The third-order valence-corrected chi connectivity index (χ3v) is 1.87. The van der Waals surface area contributed by atoms with E-state index in [4.69, 9.17) is 0 Å². The van der Waals surface area contributed by atoms with Crippen molar-refractivity contribution in [2.75, 3.05) is 7.05 Å². The van der Waals surface area contributed by atoms with Crippen LogP contribution in [0.3, 0.4) is 0 Å². The number of allylic oxidation sites excluding steroid dienone is 6. The number of hydrogen-bond acceptors (Lipinski definition) is 1. The average molecular weight is 189 g/mol. The van der Waals surface area contributed by atoms with Crippen LogP contribution in [-0.2, 0) is 0 Å². The first-order valence-electron chi connectivity index (χ1n) is 4.62. The van der Waals surface area contributed by atoms with E-state index in [0.29, 0.717) is 0 Å². The quantitative estimate of drug-likeness (QED) is 0.472. The molecule has 1 nitrogen and oxygen atoms in total. The van der Waals surface area contributed by atoms with Gasteiger partial charge in [0.25, 0.3) is 0 Å². The van der Waals surface area contributed by atoms with Crippen LogP contribution in [0.5, 0.6) is 0 Å². The topological polar surface area (TPSA) is 12.4 Å². The molecule has 0 saturated heterocycles. The molecule has 0 radical (unpaired) electrons. The van der Waals surface area contributed by atoms with Crippen LogP contribution in [0.15, 0.2) is 52.6 Å². The van der Waals surface area contributed by atoms with E-state index in [9.17, 15) is 0 Å². The molecule has 14 heavy (non-hydrogen) atoms. The molecule has 0 amide bonds. The molecule has 0 bridgehead atoms. The predicted octanol–water partition coefficient (Wildman–Crippen LogP) is 3.71. The molecule has 0 spiro atoms. The third kappa shape index (κ3) is 4.04. The van der Waals surface area contributed by atoms with Gasteiger partial charge in [-0.2, -0.15) is 0 Å². The minimum Gasteiger partial charge on any atom is -0.296 e. The van der Waals surface area contributed by atoms with Crippen LogP contribution in [0.25, 0.3) is 0 Å². The van der Waals surface area contributed by atoms with E-state index < -0.39 is 0 Å². The Labute approximate surface area is 87.3 Å². The fourth-order valence-corrected chi connectivity index (χ4v) is 0.985. The molecule has 0 aliphatic carbocycles. The van der Waals surface area contributed by atoms with Crippen LogP contribution in [0.2, 0.25) is 0 Å². The molecule has 0 aliphatic heterocycles. The Hall–Kier alpha value is -1.37. The highest BCUT2D eigenvalue weighted by Gasteiger charge is 1.96. The second kappa shape index (κ2) is 6.14. The lowest BCUT2D eigenvalue weighted by atomic mass is 10.0. The van der Waals surface area contributed by atoms with Crippen molar-refractivity contribution in [1.29, 1.82) is 0 Å². The molecule has 0 rings (SSSR count). The summed E-state index contributed by atoms with van der Waals surface area (Å²) in [5.41, 5.74) is 4.42. The molecular formula is C13H19N. The molecule has 0 aromatic heterocycles. The summed E-state index contributed by atoms with van der Waals surface area (Å²) in [6.07, 6.45) is 5.72. The lowest BCUT2D eigenvalue weighted by molar-refractivity contribution is 1.33. The molecule has 0 atom stereocenters. The largest absolute Gasteiger partial charge is 0.296 e. The number of hydrogen-bond donors (Lipinski definition) is 0. The van der Waals surface area contributed by atoms with E-state index in [2.05, 4.69) is 38.1 Å². The Balaban J connectivity index is 5.19. The van der Waals surface area contributed by atoms with Gasteiger partial charge in [-0.25, -0.2) is 0 Å². The maximum absolute atomic E-state index is 3.99. The fraction of sp³-hybridized carbons (Fsp3) is 0.308. The summed E-state index contributed by atoms with van der Waals surface area (Å²) < 4.78 is 0. The molecule has 0 saturated carbocycles. The van der Waals surface area contributed by atoms with E-state index in [-0.39, 0.29) is 0 Å². The van der Waals surface area contributed by atoms with Gasteiger partial charge in [-0.1, -0.05) is 24.8 Å². The normalized spacial score (nSPS) is 11.6. The van der Waals surface area contributed by atoms with Crippen LogP contribution in [0.4, 0.5) is 0 Å². The summed E-state index contributed by atoms with van der Waals surface area (Å²) in [4.78, 5) is 3.99. The van der Waals surface area contributed by atoms with Gasteiger partial charge in [0, 0.05) is 13.3 Å². The smallest absolute Gasteiger partial charge is 0.0284 e. The average Bonchev–Trinajstić information content (AvgIpc) is 2.11. The van der Waals surface area contributed by atoms with Crippen LogP contribution in [-0.4, -0.2) is 13.3 Å². The van der Waals surface area contributed by atoms with Gasteiger partial charge in [-0.05, 0) is 43.6 Å². The second-order valence-electron chi connectivity index (χ2n) is 3.43. The molecule has 0 heterocycles. The third-order valence-electron chi connectivity index (χ3n) is 1.87. The summed E-state index contributed by atoms with van der Waals surface area (Å²) in [6, 6.07) is 0. The van der Waals surface area contributed by atoms with Gasteiger partial charge < -0.3 is 0 Å². The Morgan fingerprint density at radius 3 is 2.07 bits per heavy atom. The van der Waals surface area contributed by atoms with Crippen molar-refractivity contribution in [3.8, 4) is 0 Å². The van der Waals surface area contributed by atoms with Gasteiger partial charge >= 0.3 is 0 Å². The van der Waals surface area contributed by atoms with Crippen LogP contribution < -0.4 is 0 Å². The van der Waals surface area contributed by atoms with Gasteiger partial charge in [0.1, 0.15) is 0 Å². The zero-order valence-electron chi connectivity index (χ0n) is 9.59. The highest BCUT2D eigenvalue weighted by Crippen LogP contribution is 2.12. The Kier molecular flexibility index (Phi) is 5.54. The van der Waals surface area contributed by atoms with Crippen molar-refractivity contribution in [2.24, 2.45) is 4.99 Å². The van der Waals surface area contributed by atoms with Crippen molar-refractivity contribution in [2.45, 2.75) is 20.8 Å². The van der Waals surface area contributed by atoms with E-state index >= 15 is 0 Å². The minimum atomic E-state index is 1.01. The molecule has 0 unspecified atom stereocenters. The zero-order chi connectivity index (χ0) is 11.1. The highest BCUT2D eigenvalue weighted by molar-refractivity contribution is 5.85. The monoisotopic (exact) mass is 189 g/mol. The van der Waals surface area contributed by atoms with Crippen LogP contribution >= 0.6 is 0 Å². The second-order valence-corrected chi connectivity index (χ2v) is 3.43. The summed E-state index contributed by atoms with van der Waals surface area (Å²) in [5, 5.41) is 0. The molecule has 0 aromatic carbocycles. The first-order chi connectivity index (χ1) is 6.52. The van der Waals surface area contributed by atoms with E-state index in [1.807, 2.05) is 19.2 Å².